The molecule has 60 valence electrons. The molecule has 0 aromatic heterocycles. The van der Waals surface area contributed by atoms with E-state index >= 15 is 0 Å². The number of rotatable bonds is 1. The maximum Gasteiger partial charge on any atom is 0.188 e. The van der Waals surface area contributed by atoms with Crippen molar-refractivity contribution < 1.29 is 0 Å². The summed E-state index contributed by atoms with van der Waals surface area (Å²) in [7, 11) is 0. The van der Waals surface area contributed by atoms with Gasteiger partial charge in [0.25, 0.3) is 0 Å². The van der Waals surface area contributed by atoms with Gasteiger partial charge in [-0.1, -0.05) is 12.1 Å². The van der Waals surface area contributed by atoms with Gasteiger partial charge in [-0.3, -0.25) is 0 Å². The highest BCUT2D eigenvalue weighted by atomic mass is 14.6. The molecule has 0 N–H and O–H groups in total. The van der Waals surface area contributed by atoms with Crippen LogP contribution in [0.25, 0.3) is 4.85 Å². The highest BCUT2D eigenvalue weighted by Crippen LogP contribution is 2.17. The van der Waals surface area contributed by atoms with Crippen LogP contribution in [0.15, 0.2) is 18.2 Å². The van der Waals surface area contributed by atoms with Gasteiger partial charge >= 0.3 is 0 Å². The van der Waals surface area contributed by atoms with Crippen LogP contribution in [-0.4, -0.2) is 0 Å². The van der Waals surface area contributed by atoms with Crippen molar-refractivity contribution in [2.75, 3.05) is 0 Å². The average molecular weight is 167 g/mol. The molecule has 0 aliphatic rings. The first-order valence-corrected chi connectivity index (χ1v) is 3.59. The second kappa shape index (κ2) is 3.90. The monoisotopic (exact) mass is 167 g/mol. The van der Waals surface area contributed by atoms with Crippen LogP contribution in [0.4, 0.5) is 5.69 Å². The number of nitriles is 2. The van der Waals surface area contributed by atoms with Crippen LogP contribution in [0.5, 0.6) is 0 Å². The van der Waals surface area contributed by atoms with E-state index in [9.17, 15) is 0 Å². The Morgan fingerprint density at radius 1 is 1.38 bits per heavy atom. The Morgan fingerprint density at radius 2 is 2.15 bits per heavy atom. The van der Waals surface area contributed by atoms with Crippen molar-refractivity contribution in [3.05, 3.63) is 40.7 Å². The molecule has 0 fully saturated rings. The van der Waals surface area contributed by atoms with Gasteiger partial charge in [-0.25, -0.2) is 4.85 Å². The summed E-state index contributed by atoms with van der Waals surface area (Å²) >= 11 is 0. The summed E-state index contributed by atoms with van der Waals surface area (Å²) in [6.45, 7) is 6.74. The van der Waals surface area contributed by atoms with E-state index < -0.39 is 0 Å². The van der Waals surface area contributed by atoms with E-state index in [1.54, 1.807) is 12.1 Å². The molecule has 1 aromatic rings. The smallest absolute Gasteiger partial charge is 0.188 e. The van der Waals surface area contributed by atoms with E-state index in [2.05, 4.69) is 4.85 Å². The first kappa shape index (κ1) is 8.78. The first-order valence-electron chi connectivity index (χ1n) is 3.59. The van der Waals surface area contributed by atoms with E-state index in [4.69, 9.17) is 17.1 Å². The molecular weight excluding hydrogens is 162 g/mol. The van der Waals surface area contributed by atoms with Crippen molar-refractivity contribution in [2.24, 2.45) is 0 Å². The molecule has 3 nitrogen and oxygen atoms in total. The molecule has 1 aromatic carbocycles. The van der Waals surface area contributed by atoms with Crippen LogP contribution in [0.2, 0.25) is 0 Å². The zero-order chi connectivity index (χ0) is 9.68. The predicted octanol–water partition coefficient (Wildman–Crippen LogP) is 2.18. The zero-order valence-electron chi connectivity index (χ0n) is 6.78. The minimum absolute atomic E-state index is 0.209. The molecule has 0 atom stereocenters. The molecule has 0 heterocycles. The normalized spacial score (nSPS) is 8.08. The third-order valence-corrected chi connectivity index (χ3v) is 1.61. The lowest BCUT2D eigenvalue weighted by atomic mass is 10.1. The molecule has 0 radical (unpaired) electrons. The molecule has 3 heteroatoms. The Balaban J connectivity index is 3.21. The minimum Gasteiger partial charge on any atom is -0.238 e. The lowest BCUT2D eigenvalue weighted by molar-refractivity contribution is 1.24. The van der Waals surface area contributed by atoms with Crippen LogP contribution in [0.3, 0.4) is 0 Å². The Hall–Kier alpha value is -2.31. The van der Waals surface area contributed by atoms with E-state index in [-0.39, 0.29) is 6.42 Å². The topological polar surface area (TPSA) is 51.9 Å². The lowest BCUT2D eigenvalue weighted by Gasteiger charge is -1.97. The number of benzene rings is 1. The highest BCUT2D eigenvalue weighted by molar-refractivity contribution is 5.53. The first-order chi connectivity index (χ1) is 6.31. The average Bonchev–Trinajstić information content (AvgIpc) is 2.19. The molecule has 0 amide bonds. The van der Waals surface area contributed by atoms with Gasteiger partial charge < -0.3 is 0 Å². The third kappa shape index (κ3) is 1.83. The number of hydrogen-bond acceptors (Lipinski definition) is 2. The van der Waals surface area contributed by atoms with E-state index in [0.717, 1.165) is 0 Å². The van der Waals surface area contributed by atoms with Gasteiger partial charge in [0.1, 0.15) is 0 Å². The molecule has 1 rings (SSSR count). The van der Waals surface area contributed by atoms with Gasteiger partial charge in [-0.05, 0) is 11.6 Å². The van der Waals surface area contributed by atoms with Gasteiger partial charge in [0.15, 0.2) is 5.69 Å². The van der Waals surface area contributed by atoms with Crippen LogP contribution >= 0.6 is 0 Å². The predicted molar refractivity (Wildman–Crippen MR) is 46.7 cm³/mol. The van der Waals surface area contributed by atoms with Crippen LogP contribution in [0.1, 0.15) is 11.1 Å². The van der Waals surface area contributed by atoms with E-state index in [0.29, 0.717) is 16.8 Å². The molecule has 0 aliphatic carbocycles. The summed E-state index contributed by atoms with van der Waals surface area (Å²) in [5, 5.41) is 17.1. The van der Waals surface area contributed by atoms with Crippen LogP contribution < -0.4 is 0 Å². The van der Waals surface area contributed by atoms with Crippen molar-refractivity contribution in [1.82, 2.24) is 0 Å². The lowest BCUT2D eigenvalue weighted by Crippen LogP contribution is -1.86. The fraction of sp³-hybridized carbons (Fsp3) is 0.100. The molecule has 0 saturated heterocycles. The molecule has 0 saturated carbocycles. The fourth-order valence-corrected chi connectivity index (χ4v) is 0.977. The Bertz CT molecular complexity index is 441. The van der Waals surface area contributed by atoms with Crippen molar-refractivity contribution >= 4 is 5.69 Å². The van der Waals surface area contributed by atoms with E-state index in [1.807, 2.05) is 12.1 Å². The molecule has 0 bridgehead atoms. The Morgan fingerprint density at radius 3 is 2.69 bits per heavy atom. The van der Waals surface area contributed by atoms with Crippen molar-refractivity contribution in [3.8, 4) is 12.1 Å². The summed E-state index contributed by atoms with van der Waals surface area (Å²) in [5.74, 6) is 0. The molecule has 0 spiro atoms. The van der Waals surface area contributed by atoms with Crippen molar-refractivity contribution in [1.29, 1.82) is 10.5 Å². The summed E-state index contributed by atoms with van der Waals surface area (Å²) < 4.78 is 0. The summed E-state index contributed by atoms with van der Waals surface area (Å²) in [6.07, 6.45) is 0.209. The van der Waals surface area contributed by atoms with Crippen molar-refractivity contribution in [2.45, 2.75) is 6.42 Å². The summed E-state index contributed by atoms with van der Waals surface area (Å²) in [6, 6.07) is 8.69. The van der Waals surface area contributed by atoms with Gasteiger partial charge in [0, 0.05) is 5.56 Å². The SMILES string of the molecule is [C-]#[N+]c1ccc(CC#N)c(C#N)c1. The highest BCUT2D eigenvalue weighted by Gasteiger charge is 2.01. The van der Waals surface area contributed by atoms with Crippen molar-refractivity contribution in [3.63, 3.8) is 0 Å². The maximum absolute atomic E-state index is 8.70. The van der Waals surface area contributed by atoms with Crippen LogP contribution in [-0.2, 0) is 6.42 Å². The quantitative estimate of drug-likeness (QED) is 0.602. The fourth-order valence-electron chi connectivity index (χ4n) is 0.977. The van der Waals surface area contributed by atoms with Gasteiger partial charge in [-0.2, -0.15) is 10.5 Å². The molecule has 0 unspecified atom stereocenters. The molecular formula is C10H5N3. The van der Waals surface area contributed by atoms with Crippen LogP contribution in [0, 0.1) is 29.2 Å². The largest absolute Gasteiger partial charge is 0.238 e. The minimum atomic E-state index is 0.209. The maximum atomic E-state index is 8.70. The van der Waals surface area contributed by atoms with Gasteiger partial charge in [-0.15, -0.1) is 0 Å². The Labute approximate surface area is 76.3 Å². The second-order valence-electron chi connectivity index (χ2n) is 2.40. The second-order valence-corrected chi connectivity index (χ2v) is 2.40. The van der Waals surface area contributed by atoms with Gasteiger partial charge in [0.05, 0.1) is 25.1 Å². The number of hydrogen-bond donors (Lipinski definition) is 0. The zero-order valence-corrected chi connectivity index (χ0v) is 6.78. The summed E-state index contributed by atoms with van der Waals surface area (Å²) in [4.78, 5) is 3.20. The van der Waals surface area contributed by atoms with Gasteiger partial charge in [0.2, 0.25) is 0 Å². The standard InChI is InChI=1S/C10H5N3/c1-13-10-3-2-8(4-5-11)9(6-10)7-12/h2-3,6H,4H2. The third-order valence-electron chi connectivity index (χ3n) is 1.61. The van der Waals surface area contributed by atoms with E-state index in [1.165, 1.54) is 6.07 Å². The number of nitrogens with zero attached hydrogens (tertiary/aromatic N) is 3. The Kier molecular flexibility index (Phi) is 2.64. The molecule has 0 aliphatic heterocycles. The molecule has 13 heavy (non-hydrogen) atoms. The summed E-state index contributed by atoms with van der Waals surface area (Å²) in [5.41, 5.74) is 1.52.